The van der Waals surface area contributed by atoms with Crippen LogP contribution in [0.4, 0.5) is 5.82 Å². The van der Waals surface area contributed by atoms with Crippen LogP contribution in [0.15, 0.2) is 12.1 Å². The smallest absolute Gasteiger partial charge is 0.129 e. The molecule has 1 unspecified atom stereocenters. The molecule has 1 aromatic rings. The number of rotatable bonds is 3. The Morgan fingerprint density at radius 3 is 2.68 bits per heavy atom. The van der Waals surface area contributed by atoms with E-state index < -0.39 is 0 Å². The van der Waals surface area contributed by atoms with Gasteiger partial charge in [0.2, 0.25) is 0 Å². The molecule has 1 fully saturated rings. The molecule has 2 N–H and O–H groups in total. The molecule has 1 atom stereocenters. The normalized spacial score (nSPS) is 19.7. The van der Waals surface area contributed by atoms with E-state index in [2.05, 4.69) is 44.9 Å². The summed E-state index contributed by atoms with van der Waals surface area (Å²) in [5.41, 5.74) is 8.08. The van der Waals surface area contributed by atoms with Gasteiger partial charge in [-0.05, 0) is 24.1 Å². The Labute approximate surface area is 116 Å². The number of aromatic nitrogens is 1. The number of nitrogens with zero attached hydrogens (tertiary/aromatic N) is 2. The summed E-state index contributed by atoms with van der Waals surface area (Å²) in [4.78, 5) is 7.04. The molecule has 4 heteroatoms. The zero-order valence-electron chi connectivity index (χ0n) is 12.4. The molecule has 2 heterocycles. The molecular formula is C15H25N3O. The van der Waals surface area contributed by atoms with E-state index in [1.807, 2.05) is 0 Å². The van der Waals surface area contributed by atoms with Gasteiger partial charge in [0.05, 0.1) is 12.6 Å². The Morgan fingerprint density at radius 2 is 2.16 bits per heavy atom. The zero-order chi connectivity index (χ0) is 14.0. The van der Waals surface area contributed by atoms with Gasteiger partial charge in [-0.1, -0.05) is 20.8 Å². The molecule has 0 spiro atoms. The van der Waals surface area contributed by atoms with E-state index in [1.54, 1.807) is 0 Å². The molecule has 1 aromatic heterocycles. The van der Waals surface area contributed by atoms with Gasteiger partial charge in [0.25, 0.3) is 0 Å². The molecule has 0 aliphatic carbocycles. The summed E-state index contributed by atoms with van der Waals surface area (Å²) < 4.78 is 5.46. The van der Waals surface area contributed by atoms with Gasteiger partial charge in [-0.2, -0.15) is 0 Å². The number of ether oxygens (including phenoxy) is 1. The van der Waals surface area contributed by atoms with Gasteiger partial charge in [0, 0.05) is 31.3 Å². The molecule has 106 valence electrons. The third-order valence-corrected chi connectivity index (χ3v) is 3.69. The van der Waals surface area contributed by atoms with E-state index in [9.17, 15) is 0 Å². The molecule has 2 rings (SSSR count). The van der Waals surface area contributed by atoms with Gasteiger partial charge in [-0.15, -0.1) is 0 Å². The van der Waals surface area contributed by atoms with Crippen molar-refractivity contribution in [3.63, 3.8) is 0 Å². The van der Waals surface area contributed by atoms with Crippen LogP contribution in [0.3, 0.4) is 0 Å². The molecule has 0 amide bonds. The second-order valence-corrected chi connectivity index (χ2v) is 6.30. The Hall–Kier alpha value is -1.13. The van der Waals surface area contributed by atoms with Crippen molar-refractivity contribution in [2.24, 2.45) is 5.73 Å². The molecule has 4 nitrogen and oxygen atoms in total. The Kier molecular flexibility index (Phi) is 4.11. The summed E-state index contributed by atoms with van der Waals surface area (Å²) in [6, 6.07) is 4.63. The molecule has 0 bridgehead atoms. The first-order valence-corrected chi connectivity index (χ1v) is 6.94. The van der Waals surface area contributed by atoms with Crippen LogP contribution < -0.4 is 10.6 Å². The molecule has 1 saturated heterocycles. The summed E-state index contributed by atoms with van der Waals surface area (Å²) in [5.74, 6) is 1.00. The Balaban J connectivity index is 2.33. The minimum Gasteiger partial charge on any atom is -0.379 e. The SMILES string of the molecule is CN(c1cc(CN)cc(C(C)(C)C)n1)C1CCOC1. The minimum absolute atomic E-state index is 0.0347. The second-order valence-electron chi connectivity index (χ2n) is 6.30. The highest BCUT2D eigenvalue weighted by atomic mass is 16.5. The van der Waals surface area contributed by atoms with Crippen molar-refractivity contribution in [1.29, 1.82) is 0 Å². The van der Waals surface area contributed by atoms with E-state index in [1.165, 1.54) is 0 Å². The van der Waals surface area contributed by atoms with Gasteiger partial charge in [0.15, 0.2) is 0 Å². The second kappa shape index (κ2) is 5.47. The van der Waals surface area contributed by atoms with Crippen molar-refractivity contribution < 1.29 is 4.74 Å². The monoisotopic (exact) mass is 263 g/mol. The molecular weight excluding hydrogens is 238 g/mol. The Bertz CT molecular complexity index is 434. The lowest BCUT2D eigenvalue weighted by Gasteiger charge is -2.27. The summed E-state index contributed by atoms with van der Waals surface area (Å²) in [6.45, 7) is 8.72. The first-order chi connectivity index (χ1) is 8.91. The lowest BCUT2D eigenvalue weighted by atomic mass is 9.90. The third-order valence-electron chi connectivity index (χ3n) is 3.69. The van der Waals surface area contributed by atoms with Crippen LogP contribution in [0.25, 0.3) is 0 Å². The maximum atomic E-state index is 5.81. The van der Waals surface area contributed by atoms with Crippen LogP contribution in [-0.2, 0) is 16.7 Å². The highest BCUT2D eigenvalue weighted by Gasteiger charge is 2.23. The molecule has 1 aliphatic heterocycles. The average Bonchev–Trinajstić information content (AvgIpc) is 2.90. The van der Waals surface area contributed by atoms with Crippen molar-refractivity contribution in [3.05, 3.63) is 23.4 Å². The lowest BCUT2D eigenvalue weighted by Crippen LogP contribution is -2.33. The number of hydrogen-bond donors (Lipinski definition) is 1. The molecule has 1 aliphatic rings. The average molecular weight is 263 g/mol. The van der Waals surface area contributed by atoms with Crippen LogP contribution in [-0.4, -0.2) is 31.3 Å². The number of anilines is 1. The van der Waals surface area contributed by atoms with Gasteiger partial charge in [0.1, 0.15) is 5.82 Å². The first kappa shape index (κ1) is 14.3. The molecule has 0 radical (unpaired) electrons. The van der Waals surface area contributed by atoms with Crippen LogP contribution in [0, 0.1) is 0 Å². The van der Waals surface area contributed by atoms with Crippen LogP contribution in [0.2, 0.25) is 0 Å². The van der Waals surface area contributed by atoms with Gasteiger partial charge in [-0.25, -0.2) is 4.98 Å². The van der Waals surface area contributed by atoms with E-state index in [-0.39, 0.29) is 5.41 Å². The van der Waals surface area contributed by atoms with E-state index in [4.69, 9.17) is 15.5 Å². The highest BCUT2D eigenvalue weighted by Crippen LogP contribution is 2.26. The van der Waals surface area contributed by atoms with Gasteiger partial charge < -0.3 is 15.4 Å². The number of nitrogens with two attached hydrogens (primary N) is 1. The van der Waals surface area contributed by atoms with E-state index in [0.717, 1.165) is 36.7 Å². The van der Waals surface area contributed by atoms with Crippen molar-refractivity contribution in [2.45, 2.75) is 45.2 Å². The van der Waals surface area contributed by atoms with Crippen LogP contribution in [0.5, 0.6) is 0 Å². The van der Waals surface area contributed by atoms with Gasteiger partial charge in [-0.3, -0.25) is 0 Å². The van der Waals surface area contributed by atoms with Crippen LogP contribution >= 0.6 is 0 Å². The van der Waals surface area contributed by atoms with E-state index in [0.29, 0.717) is 12.6 Å². The topological polar surface area (TPSA) is 51.4 Å². The standard InChI is InChI=1S/C15H25N3O/c1-15(2,3)13-7-11(9-16)8-14(17-13)18(4)12-5-6-19-10-12/h7-8,12H,5-6,9-10,16H2,1-4H3. The number of pyridine rings is 1. The number of likely N-dealkylation sites (N-methyl/N-ethyl adjacent to an activating group) is 1. The third kappa shape index (κ3) is 3.25. The zero-order valence-corrected chi connectivity index (χ0v) is 12.4. The number of hydrogen-bond acceptors (Lipinski definition) is 4. The summed E-state index contributed by atoms with van der Waals surface area (Å²) in [7, 11) is 2.09. The lowest BCUT2D eigenvalue weighted by molar-refractivity contribution is 0.193. The maximum absolute atomic E-state index is 5.81. The summed E-state index contributed by atoms with van der Waals surface area (Å²) >= 11 is 0. The Morgan fingerprint density at radius 1 is 1.42 bits per heavy atom. The van der Waals surface area contributed by atoms with Crippen molar-refractivity contribution >= 4 is 5.82 Å². The van der Waals surface area contributed by atoms with Crippen molar-refractivity contribution in [1.82, 2.24) is 4.98 Å². The largest absolute Gasteiger partial charge is 0.379 e. The highest BCUT2D eigenvalue weighted by molar-refractivity contribution is 5.44. The minimum atomic E-state index is 0.0347. The van der Waals surface area contributed by atoms with Crippen molar-refractivity contribution in [3.8, 4) is 0 Å². The molecule has 0 aromatic carbocycles. The predicted octanol–water partition coefficient (Wildman–Crippen LogP) is 2.06. The fraction of sp³-hybridized carbons (Fsp3) is 0.667. The molecule has 0 saturated carbocycles. The quantitative estimate of drug-likeness (QED) is 0.907. The van der Waals surface area contributed by atoms with Crippen molar-refractivity contribution in [2.75, 3.05) is 25.2 Å². The fourth-order valence-electron chi connectivity index (χ4n) is 2.27. The molecule has 19 heavy (non-hydrogen) atoms. The fourth-order valence-corrected chi connectivity index (χ4v) is 2.27. The van der Waals surface area contributed by atoms with Gasteiger partial charge >= 0.3 is 0 Å². The summed E-state index contributed by atoms with van der Waals surface area (Å²) in [5, 5.41) is 0. The maximum Gasteiger partial charge on any atom is 0.129 e. The van der Waals surface area contributed by atoms with Crippen LogP contribution in [0.1, 0.15) is 38.4 Å². The van der Waals surface area contributed by atoms with E-state index >= 15 is 0 Å². The summed E-state index contributed by atoms with van der Waals surface area (Å²) in [6.07, 6.45) is 1.07. The first-order valence-electron chi connectivity index (χ1n) is 6.94. The predicted molar refractivity (Wildman–Crippen MR) is 78.5 cm³/mol.